The SMILES string of the molecule is NC(=O)c1cc2ccc3ccccc3n2c1. The first-order valence-electron chi connectivity index (χ1n) is 5.05. The van der Waals surface area contributed by atoms with E-state index in [4.69, 9.17) is 5.73 Å². The van der Waals surface area contributed by atoms with Gasteiger partial charge in [-0.05, 0) is 23.6 Å². The summed E-state index contributed by atoms with van der Waals surface area (Å²) in [5.41, 5.74) is 7.86. The Labute approximate surface area is 92.1 Å². The molecule has 0 saturated heterocycles. The topological polar surface area (TPSA) is 47.5 Å². The highest BCUT2D eigenvalue weighted by Crippen LogP contribution is 2.19. The van der Waals surface area contributed by atoms with Gasteiger partial charge in [0.15, 0.2) is 0 Å². The first-order chi connectivity index (χ1) is 7.75. The predicted molar refractivity (Wildman–Crippen MR) is 63.4 cm³/mol. The zero-order valence-electron chi connectivity index (χ0n) is 8.55. The molecule has 0 unspecified atom stereocenters. The Morgan fingerprint density at radius 3 is 2.75 bits per heavy atom. The molecule has 0 radical (unpaired) electrons. The van der Waals surface area contributed by atoms with Crippen molar-refractivity contribution >= 4 is 22.3 Å². The summed E-state index contributed by atoms with van der Waals surface area (Å²) in [6.07, 6.45) is 1.78. The van der Waals surface area contributed by atoms with Crippen molar-refractivity contribution in [1.29, 1.82) is 0 Å². The minimum absolute atomic E-state index is 0.396. The summed E-state index contributed by atoms with van der Waals surface area (Å²) in [6, 6.07) is 13.9. The van der Waals surface area contributed by atoms with Crippen LogP contribution in [0.15, 0.2) is 48.7 Å². The standard InChI is InChI=1S/C13H10N2O/c14-13(16)10-7-11-6-5-9-3-1-2-4-12(9)15(11)8-10/h1-8H,(H2,14,16). The summed E-state index contributed by atoms with van der Waals surface area (Å²) in [4.78, 5) is 11.1. The average molecular weight is 210 g/mol. The number of fused-ring (bicyclic) bond motifs is 3. The largest absolute Gasteiger partial charge is 0.366 e. The molecule has 0 aliphatic heterocycles. The Kier molecular flexibility index (Phi) is 1.74. The predicted octanol–water partition coefficient (Wildman–Crippen LogP) is 2.19. The highest BCUT2D eigenvalue weighted by atomic mass is 16.1. The van der Waals surface area contributed by atoms with Crippen LogP contribution in [0, 0.1) is 0 Å². The molecule has 3 rings (SSSR count). The van der Waals surface area contributed by atoms with Crippen LogP contribution in [0.2, 0.25) is 0 Å². The summed E-state index contributed by atoms with van der Waals surface area (Å²) < 4.78 is 1.98. The van der Waals surface area contributed by atoms with Crippen molar-refractivity contribution in [2.75, 3.05) is 0 Å². The lowest BCUT2D eigenvalue weighted by molar-refractivity contribution is 0.100. The highest BCUT2D eigenvalue weighted by molar-refractivity contribution is 5.95. The average Bonchev–Trinajstić information content (AvgIpc) is 2.73. The maximum Gasteiger partial charge on any atom is 0.250 e. The Morgan fingerprint density at radius 1 is 1.12 bits per heavy atom. The van der Waals surface area contributed by atoms with E-state index in [0.29, 0.717) is 5.56 Å². The molecule has 3 aromatic rings. The fourth-order valence-corrected chi connectivity index (χ4v) is 1.97. The monoisotopic (exact) mass is 210 g/mol. The number of hydrogen-bond acceptors (Lipinski definition) is 1. The first-order valence-corrected chi connectivity index (χ1v) is 5.05. The summed E-state index contributed by atoms with van der Waals surface area (Å²) >= 11 is 0. The van der Waals surface area contributed by atoms with Crippen molar-refractivity contribution in [2.45, 2.75) is 0 Å². The number of carbonyl (C=O) groups is 1. The van der Waals surface area contributed by atoms with Gasteiger partial charge in [-0.3, -0.25) is 4.79 Å². The maximum atomic E-state index is 11.1. The Balaban J connectivity index is 2.46. The molecule has 1 amide bonds. The number of aromatic nitrogens is 1. The molecule has 1 aromatic carbocycles. The molecular formula is C13H10N2O. The number of nitrogens with zero attached hydrogens (tertiary/aromatic N) is 1. The van der Waals surface area contributed by atoms with E-state index in [1.54, 1.807) is 12.3 Å². The first kappa shape index (κ1) is 8.97. The minimum Gasteiger partial charge on any atom is -0.366 e. The zero-order chi connectivity index (χ0) is 11.1. The highest BCUT2D eigenvalue weighted by Gasteiger charge is 2.06. The van der Waals surface area contributed by atoms with Crippen molar-refractivity contribution in [2.24, 2.45) is 5.73 Å². The number of amides is 1. The van der Waals surface area contributed by atoms with Crippen LogP contribution in [0.3, 0.4) is 0 Å². The van der Waals surface area contributed by atoms with Crippen molar-refractivity contribution in [1.82, 2.24) is 4.40 Å². The fourth-order valence-electron chi connectivity index (χ4n) is 1.97. The molecule has 2 heterocycles. The van der Waals surface area contributed by atoms with Gasteiger partial charge in [0.1, 0.15) is 0 Å². The number of carbonyl (C=O) groups excluding carboxylic acids is 1. The molecule has 2 aromatic heterocycles. The van der Waals surface area contributed by atoms with Crippen molar-refractivity contribution in [3.63, 3.8) is 0 Å². The van der Waals surface area contributed by atoms with Gasteiger partial charge in [0.25, 0.3) is 0 Å². The molecule has 16 heavy (non-hydrogen) atoms. The van der Waals surface area contributed by atoms with E-state index in [9.17, 15) is 4.79 Å². The Hall–Kier alpha value is -2.29. The second-order valence-corrected chi connectivity index (χ2v) is 3.78. The third-order valence-corrected chi connectivity index (χ3v) is 2.76. The summed E-state index contributed by atoms with van der Waals surface area (Å²) in [5, 5.41) is 1.14. The second kappa shape index (κ2) is 3.10. The van der Waals surface area contributed by atoms with E-state index in [-0.39, 0.29) is 0 Å². The minimum atomic E-state index is -0.396. The molecule has 3 heteroatoms. The lowest BCUT2D eigenvalue weighted by atomic mass is 10.2. The van der Waals surface area contributed by atoms with Crippen LogP contribution in [-0.2, 0) is 0 Å². The quantitative estimate of drug-likeness (QED) is 0.657. The van der Waals surface area contributed by atoms with Gasteiger partial charge >= 0.3 is 0 Å². The maximum absolute atomic E-state index is 11.1. The molecule has 78 valence electrons. The molecular weight excluding hydrogens is 200 g/mol. The summed E-state index contributed by atoms with van der Waals surface area (Å²) in [6.45, 7) is 0. The molecule has 0 atom stereocenters. The van der Waals surface area contributed by atoms with Gasteiger partial charge in [-0.2, -0.15) is 0 Å². The van der Waals surface area contributed by atoms with Crippen molar-refractivity contribution < 1.29 is 4.79 Å². The molecule has 0 spiro atoms. The van der Waals surface area contributed by atoms with Crippen LogP contribution in [0.5, 0.6) is 0 Å². The molecule has 0 fully saturated rings. The van der Waals surface area contributed by atoms with Crippen LogP contribution < -0.4 is 5.73 Å². The van der Waals surface area contributed by atoms with Gasteiger partial charge in [0.2, 0.25) is 5.91 Å². The number of pyridine rings is 1. The van der Waals surface area contributed by atoms with Crippen LogP contribution >= 0.6 is 0 Å². The van der Waals surface area contributed by atoms with Crippen LogP contribution in [-0.4, -0.2) is 10.3 Å². The van der Waals surface area contributed by atoms with E-state index >= 15 is 0 Å². The van der Waals surface area contributed by atoms with E-state index in [2.05, 4.69) is 0 Å². The van der Waals surface area contributed by atoms with Gasteiger partial charge in [0, 0.05) is 11.7 Å². The number of primary amides is 1. The number of nitrogens with two attached hydrogens (primary N) is 1. The third-order valence-electron chi connectivity index (χ3n) is 2.76. The van der Waals surface area contributed by atoms with Gasteiger partial charge in [0.05, 0.1) is 11.1 Å². The zero-order valence-corrected chi connectivity index (χ0v) is 8.55. The molecule has 3 nitrogen and oxygen atoms in total. The number of hydrogen-bond donors (Lipinski definition) is 1. The lowest BCUT2D eigenvalue weighted by Gasteiger charge is -2.01. The molecule has 0 bridgehead atoms. The number of benzene rings is 1. The van der Waals surface area contributed by atoms with Crippen LogP contribution in [0.25, 0.3) is 16.4 Å². The van der Waals surface area contributed by atoms with E-state index in [1.807, 2.05) is 40.8 Å². The van der Waals surface area contributed by atoms with E-state index in [1.165, 1.54) is 0 Å². The van der Waals surface area contributed by atoms with Gasteiger partial charge in [-0.15, -0.1) is 0 Å². The normalized spacial score (nSPS) is 11.0. The second-order valence-electron chi connectivity index (χ2n) is 3.78. The molecule has 2 N–H and O–H groups in total. The third kappa shape index (κ3) is 1.18. The van der Waals surface area contributed by atoms with Crippen molar-refractivity contribution in [3.8, 4) is 0 Å². The Bertz CT molecular complexity index is 697. The van der Waals surface area contributed by atoms with Crippen molar-refractivity contribution in [3.05, 3.63) is 54.2 Å². The molecule has 0 aliphatic rings. The summed E-state index contributed by atoms with van der Waals surface area (Å²) in [7, 11) is 0. The Morgan fingerprint density at radius 2 is 1.94 bits per heavy atom. The molecule has 0 saturated carbocycles. The fraction of sp³-hybridized carbons (Fsp3) is 0. The van der Waals surface area contributed by atoms with E-state index < -0.39 is 5.91 Å². The number of rotatable bonds is 1. The van der Waals surface area contributed by atoms with Gasteiger partial charge < -0.3 is 10.1 Å². The van der Waals surface area contributed by atoms with Crippen LogP contribution in [0.4, 0.5) is 0 Å². The van der Waals surface area contributed by atoms with Gasteiger partial charge in [-0.1, -0.05) is 24.3 Å². The van der Waals surface area contributed by atoms with E-state index in [0.717, 1.165) is 16.4 Å². The van der Waals surface area contributed by atoms with Crippen LogP contribution in [0.1, 0.15) is 10.4 Å². The smallest absolute Gasteiger partial charge is 0.250 e. The number of para-hydroxylation sites is 1. The van der Waals surface area contributed by atoms with Gasteiger partial charge in [-0.25, -0.2) is 0 Å². The summed E-state index contributed by atoms with van der Waals surface area (Å²) in [5.74, 6) is -0.396. The lowest BCUT2D eigenvalue weighted by Crippen LogP contribution is -2.09. The molecule has 0 aliphatic carbocycles.